The van der Waals surface area contributed by atoms with E-state index in [2.05, 4.69) is 15.7 Å². The lowest BCUT2D eigenvalue weighted by molar-refractivity contribution is -0.116. The number of amides is 2. The highest BCUT2D eigenvalue weighted by Gasteiger charge is 2.15. The Morgan fingerprint density at radius 3 is 2.53 bits per heavy atom. The number of nitrogens with zero attached hydrogens (tertiary/aromatic N) is 2. The van der Waals surface area contributed by atoms with Crippen LogP contribution in [0.25, 0.3) is 21.3 Å². The number of aryl methyl sites for hydroxylation is 1. The van der Waals surface area contributed by atoms with Gasteiger partial charge in [0.2, 0.25) is 0 Å². The van der Waals surface area contributed by atoms with E-state index in [9.17, 15) is 14.4 Å². The van der Waals surface area contributed by atoms with E-state index >= 15 is 0 Å². The summed E-state index contributed by atoms with van der Waals surface area (Å²) in [6, 6.07) is 16.5. The zero-order valence-corrected chi connectivity index (χ0v) is 16.9. The van der Waals surface area contributed by atoms with Crippen LogP contribution in [-0.4, -0.2) is 28.0 Å². The number of fused-ring (bicyclic) bond motifs is 1. The fourth-order valence-electron chi connectivity index (χ4n) is 2.98. The SMILES string of the molecule is Cc1ccc(C(=O)NCC(=O)Nn2cnc3scc(-c4ccccc4)c3c2=O)cc1. The lowest BCUT2D eigenvalue weighted by atomic mass is 10.1. The number of hydrogen-bond acceptors (Lipinski definition) is 5. The van der Waals surface area contributed by atoms with Crippen LogP contribution >= 0.6 is 11.3 Å². The third kappa shape index (κ3) is 3.99. The van der Waals surface area contributed by atoms with E-state index in [-0.39, 0.29) is 18.0 Å². The van der Waals surface area contributed by atoms with Gasteiger partial charge in [0.15, 0.2) is 0 Å². The first-order valence-corrected chi connectivity index (χ1v) is 10.1. The minimum absolute atomic E-state index is 0.271. The molecule has 2 heterocycles. The number of carbonyl (C=O) groups is 2. The maximum atomic E-state index is 12.9. The van der Waals surface area contributed by atoms with Crippen LogP contribution in [0.15, 0.2) is 71.1 Å². The second-order valence-electron chi connectivity index (χ2n) is 6.70. The number of nitrogens with one attached hydrogen (secondary N) is 2. The predicted octanol–water partition coefficient (Wildman–Crippen LogP) is 2.93. The Balaban J connectivity index is 1.50. The average Bonchev–Trinajstić information content (AvgIpc) is 3.20. The third-order valence-corrected chi connectivity index (χ3v) is 5.43. The molecule has 150 valence electrons. The molecule has 0 saturated heterocycles. The Morgan fingerprint density at radius 1 is 1.07 bits per heavy atom. The molecule has 2 amide bonds. The van der Waals surface area contributed by atoms with Crippen molar-refractivity contribution in [3.05, 3.63) is 87.8 Å². The van der Waals surface area contributed by atoms with E-state index < -0.39 is 5.91 Å². The molecular formula is C22H18N4O3S. The summed E-state index contributed by atoms with van der Waals surface area (Å²) in [5.74, 6) is -0.898. The molecule has 0 spiro atoms. The van der Waals surface area contributed by atoms with Crippen molar-refractivity contribution in [1.82, 2.24) is 15.0 Å². The smallest absolute Gasteiger partial charge is 0.281 e. The molecule has 2 aromatic heterocycles. The van der Waals surface area contributed by atoms with Crippen molar-refractivity contribution in [2.45, 2.75) is 6.92 Å². The monoisotopic (exact) mass is 418 g/mol. The molecule has 8 heteroatoms. The van der Waals surface area contributed by atoms with Crippen molar-refractivity contribution in [3.63, 3.8) is 0 Å². The van der Waals surface area contributed by atoms with E-state index in [1.54, 1.807) is 12.1 Å². The Labute approximate surface area is 176 Å². The normalized spacial score (nSPS) is 10.7. The third-order valence-electron chi connectivity index (χ3n) is 4.55. The number of rotatable bonds is 5. The highest BCUT2D eigenvalue weighted by atomic mass is 32.1. The van der Waals surface area contributed by atoms with Crippen LogP contribution in [0.4, 0.5) is 0 Å². The van der Waals surface area contributed by atoms with Gasteiger partial charge in [-0.2, -0.15) is 0 Å². The molecule has 4 aromatic rings. The van der Waals surface area contributed by atoms with Crippen LogP contribution in [0.2, 0.25) is 0 Å². The summed E-state index contributed by atoms with van der Waals surface area (Å²) in [7, 11) is 0. The van der Waals surface area contributed by atoms with E-state index in [4.69, 9.17) is 0 Å². The molecule has 0 fully saturated rings. The Bertz CT molecular complexity index is 1280. The average molecular weight is 418 g/mol. The molecule has 2 N–H and O–H groups in total. The fraction of sp³-hybridized carbons (Fsp3) is 0.0909. The number of benzene rings is 2. The van der Waals surface area contributed by atoms with Gasteiger partial charge >= 0.3 is 0 Å². The lowest BCUT2D eigenvalue weighted by Gasteiger charge is -2.09. The van der Waals surface area contributed by atoms with Crippen LogP contribution in [0.1, 0.15) is 15.9 Å². The van der Waals surface area contributed by atoms with Gasteiger partial charge in [0.1, 0.15) is 11.2 Å². The molecule has 30 heavy (non-hydrogen) atoms. The van der Waals surface area contributed by atoms with Crippen molar-refractivity contribution in [1.29, 1.82) is 0 Å². The molecule has 4 rings (SSSR count). The summed E-state index contributed by atoms with van der Waals surface area (Å²) in [6.45, 7) is 1.65. The number of carbonyl (C=O) groups excluding carboxylic acids is 2. The van der Waals surface area contributed by atoms with Crippen LogP contribution in [0.5, 0.6) is 0 Å². The van der Waals surface area contributed by atoms with Gasteiger partial charge in [0, 0.05) is 16.5 Å². The maximum Gasteiger partial charge on any atom is 0.281 e. The highest BCUT2D eigenvalue weighted by Crippen LogP contribution is 2.30. The second-order valence-corrected chi connectivity index (χ2v) is 7.56. The summed E-state index contributed by atoms with van der Waals surface area (Å²) in [4.78, 5) is 42.2. The van der Waals surface area contributed by atoms with Gasteiger partial charge in [0.25, 0.3) is 17.4 Å². The van der Waals surface area contributed by atoms with E-state index in [0.717, 1.165) is 21.4 Å². The Morgan fingerprint density at radius 2 is 1.80 bits per heavy atom. The zero-order valence-electron chi connectivity index (χ0n) is 16.1. The first kappa shape index (κ1) is 19.5. The molecule has 7 nitrogen and oxygen atoms in total. The van der Waals surface area contributed by atoms with Crippen LogP contribution < -0.4 is 16.3 Å². The quantitative estimate of drug-likeness (QED) is 0.521. The topological polar surface area (TPSA) is 93.1 Å². The van der Waals surface area contributed by atoms with Gasteiger partial charge in [-0.3, -0.25) is 19.8 Å². The lowest BCUT2D eigenvalue weighted by Crippen LogP contribution is -2.39. The van der Waals surface area contributed by atoms with Crippen molar-refractivity contribution in [2.24, 2.45) is 0 Å². The summed E-state index contributed by atoms with van der Waals surface area (Å²) >= 11 is 1.37. The molecule has 0 radical (unpaired) electrons. The van der Waals surface area contributed by atoms with Crippen molar-refractivity contribution in [3.8, 4) is 11.1 Å². The summed E-state index contributed by atoms with van der Waals surface area (Å²) in [5, 5.41) is 4.86. The van der Waals surface area contributed by atoms with E-state index in [1.807, 2.05) is 54.8 Å². The van der Waals surface area contributed by atoms with Gasteiger partial charge in [-0.15, -0.1) is 11.3 Å². The molecule has 0 atom stereocenters. The minimum Gasteiger partial charge on any atom is -0.343 e. The molecule has 0 unspecified atom stereocenters. The Kier molecular flexibility index (Phi) is 5.40. The molecule has 0 saturated carbocycles. The zero-order chi connectivity index (χ0) is 21.1. The molecule has 2 aromatic carbocycles. The molecule has 0 bridgehead atoms. The Hall–Kier alpha value is -3.78. The number of hydrogen-bond donors (Lipinski definition) is 2. The van der Waals surface area contributed by atoms with Crippen LogP contribution in [0, 0.1) is 6.92 Å². The van der Waals surface area contributed by atoms with Gasteiger partial charge in [0.05, 0.1) is 11.9 Å². The number of aromatic nitrogens is 2. The van der Waals surface area contributed by atoms with Crippen molar-refractivity contribution in [2.75, 3.05) is 12.0 Å². The van der Waals surface area contributed by atoms with Gasteiger partial charge in [-0.25, -0.2) is 9.66 Å². The van der Waals surface area contributed by atoms with Gasteiger partial charge in [-0.1, -0.05) is 48.0 Å². The molecule has 0 aliphatic rings. The fourth-order valence-corrected chi connectivity index (χ4v) is 3.89. The van der Waals surface area contributed by atoms with Crippen molar-refractivity contribution >= 4 is 33.4 Å². The second kappa shape index (κ2) is 8.30. The minimum atomic E-state index is -0.532. The first-order valence-electron chi connectivity index (χ1n) is 9.22. The molecule has 0 aliphatic heterocycles. The van der Waals surface area contributed by atoms with Crippen LogP contribution in [-0.2, 0) is 4.79 Å². The molecular weight excluding hydrogens is 400 g/mol. The summed E-state index contributed by atoms with van der Waals surface area (Å²) in [6.07, 6.45) is 1.27. The first-order chi connectivity index (χ1) is 14.5. The van der Waals surface area contributed by atoms with Gasteiger partial charge < -0.3 is 5.32 Å². The largest absolute Gasteiger partial charge is 0.343 e. The van der Waals surface area contributed by atoms with E-state index in [1.165, 1.54) is 17.7 Å². The van der Waals surface area contributed by atoms with Crippen LogP contribution in [0.3, 0.4) is 0 Å². The number of thiophene rings is 1. The standard InChI is InChI=1S/C22H18N4O3S/c1-14-7-9-16(10-8-14)20(28)23-11-18(27)25-26-13-24-21-19(22(26)29)17(12-30-21)15-5-3-2-4-6-15/h2-10,12-13H,11H2,1H3,(H,23,28)(H,25,27). The predicted molar refractivity (Wildman–Crippen MR) is 117 cm³/mol. The summed E-state index contributed by atoms with van der Waals surface area (Å²) in [5.41, 5.74) is 5.27. The van der Waals surface area contributed by atoms with E-state index in [0.29, 0.717) is 15.8 Å². The van der Waals surface area contributed by atoms with Crippen molar-refractivity contribution < 1.29 is 9.59 Å². The van der Waals surface area contributed by atoms with Gasteiger partial charge in [-0.05, 0) is 24.6 Å². The maximum absolute atomic E-state index is 12.9. The highest BCUT2D eigenvalue weighted by molar-refractivity contribution is 7.17. The summed E-state index contributed by atoms with van der Waals surface area (Å²) < 4.78 is 1.04. The molecule has 0 aliphatic carbocycles.